The van der Waals surface area contributed by atoms with Gasteiger partial charge < -0.3 is 5.32 Å². The van der Waals surface area contributed by atoms with Crippen LogP contribution in [0.5, 0.6) is 0 Å². The fourth-order valence-electron chi connectivity index (χ4n) is 2.35. The topological polar surface area (TPSA) is 28.2 Å². The zero-order chi connectivity index (χ0) is 11.2. The Hall–Kier alpha value is -0.640. The average molecular weight is 256 g/mol. The molecule has 1 aliphatic heterocycles. The van der Waals surface area contributed by atoms with Crippen LogP contribution in [0.3, 0.4) is 0 Å². The monoisotopic (exact) mass is 255 g/mol. The summed E-state index contributed by atoms with van der Waals surface area (Å²) in [4.78, 5) is 6.66. The van der Waals surface area contributed by atoms with E-state index in [1.807, 2.05) is 12.4 Å². The van der Waals surface area contributed by atoms with Crippen LogP contribution in [-0.2, 0) is 6.54 Å². The Bertz CT molecular complexity index is 303. The van der Waals surface area contributed by atoms with Gasteiger partial charge in [-0.25, -0.2) is 0 Å². The smallest absolute Gasteiger partial charge is 0.0271 e. The standard InChI is InChI=1S/C13H21N3.ClH/c1-2-3-13-10-15-8-9-16(13)11-12-4-6-14-7-5-12;/h4-7,13,15H,2-3,8-11H2,1H3;1H. The zero-order valence-corrected chi connectivity index (χ0v) is 11.2. The Balaban J connectivity index is 0.00000144. The number of hydrogen-bond acceptors (Lipinski definition) is 3. The molecule has 0 amide bonds. The van der Waals surface area contributed by atoms with Gasteiger partial charge in [0.2, 0.25) is 0 Å². The molecule has 4 heteroatoms. The molecule has 17 heavy (non-hydrogen) atoms. The third-order valence-corrected chi connectivity index (χ3v) is 3.23. The molecule has 0 aromatic carbocycles. The third-order valence-electron chi connectivity index (χ3n) is 3.23. The van der Waals surface area contributed by atoms with Crippen molar-refractivity contribution in [1.29, 1.82) is 0 Å². The minimum Gasteiger partial charge on any atom is -0.314 e. The van der Waals surface area contributed by atoms with Crippen LogP contribution in [0.2, 0.25) is 0 Å². The molecule has 1 fully saturated rings. The van der Waals surface area contributed by atoms with Gasteiger partial charge in [-0.3, -0.25) is 9.88 Å². The maximum Gasteiger partial charge on any atom is 0.0271 e. The Kier molecular flexibility index (Phi) is 6.48. The molecule has 1 N–H and O–H groups in total. The fourth-order valence-corrected chi connectivity index (χ4v) is 2.35. The van der Waals surface area contributed by atoms with Crippen LogP contribution < -0.4 is 5.32 Å². The van der Waals surface area contributed by atoms with Gasteiger partial charge in [-0.2, -0.15) is 0 Å². The fraction of sp³-hybridized carbons (Fsp3) is 0.615. The highest BCUT2D eigenvalue weighted by molar-refractivity contribution is 5.85. The second kappa shape index (κ2) is 7.64. The number of aromatic nitrogens is 1. The van der Waals surface area contributed by atoms with Crippen LogP contribution in [-0.4, -0.2) is 35.6 Å². The molecule has 2 rings (SSSR count). The van der Waals surface area contributed by atoms with Crippen molar-refractivity contribution >= 4 is 12.4 Å². The van der Waals surface area contributed by atoms with E-state index in [4.69, 9.17) is 0 Å². The maximum atomic E-state index is 4.06. The van der Waals surface area contributed by atoms with Crippen LogP contribution >= 0.6 is 12.4 Å². The van der Waals surface area contributed by atoms with Crippen molar-refractivity contribution in [3.63, 3.8) is 0 Å². The van der Waals surface area contributed by atoms with Crippen LogP contribution in [0, 0.1) is 0 Å². The second-order valence-electron chi connectivity index (χ2n) is 4.47. The summed E-state index contributed by atoms with van der Waals surface area (Å²) in [5.41, 5.74) is 1.37. The minimum atomic E-state index is 0. The molecular weight excluding hydrogens is 234 g/mol. The van der Waals surface area contributed by atoms with Crippen molar-refractivity contribution in [2.75, 3.05) is 19.6 Å². The van der Waals surface area contributed by atoms with E-state index in [1.54, 1.807) is 0 Å². The Morgan fingerprint density at radius 3 is 2.88 bits per heavy atom. The Morgan fingerprint density at radius 1 is 1.41 bits per heavy atom. The lowest BCUT2D eigenvalue weighted by Gasteiger charge is -2.36. The minimum absolute atomic E-state index is 0. The molecule has 0 aliphatic carbocycles. The van der Waals surface area contributed by atoms with Gasteiger partial charge in [0.25, 0.3) is 0 Å². The average Bonchev–Trinajstić information content (AvgIpc) is 2.33. The molecule has 96 valence electrons. The summed E-state index contributed by atoms with van der Waals surface area (Å²) >= 11 is 0. The van der Waals surface area contributed by atoms with E-state index in [0.717, 1.165) is 26.2 Å². The van der Waals surface area contributed by atoms with Crippen molar-refractivity contribution in [2.45, 2.75) is 32.4 Å². The zero-order valence-electron chi connectivity index (χ0n) is 10.4. The molecule has 1 atom stereocenters. The molecule has 1 saturated heterocycles. The number of nitrogens with zero attached hydrogens (tertiary/aromatic N) is 2. The van der Waals surface area contributed by atoms with Gasteiger partial charge in [0.15, 0.2) is 0 Å². The van der Waals surface area contributed by atoms with Gasteiger partial charge in [-0.05, 0) is 24.1 Å². The molecule has 1 unspecified atom stereocenters. The summed E-state index contributed by atoms with van der Waals surface area (Å²) in [5, 5.41) is 3.48. The summed E-state index contributed by atoms with van der Waals surface area (Å²) in [6.45, 7) is 6.74. The number of nitrogens with one attached hydrogen (secondary N) is 1. The molecule has 0 spiro atoms. The van der Waals surface area contributed by atoms with E-state index in [9.17, 15) is 0 Å². The van der Waals surface area contributed by atoms with E-state index in [-0.39, 0.29) is 12.4 Å². The first-order valence-electron chi connectivity index (χ1n) is 6.24. The van der Waals surface area contributed by atoms with E-state index in [1.165, 1.54) is 18.4 Å². The highest BCUT2D eigenvalue weighted by Crippen LogP contribution is 2.13. The quantitative estimate of drug-likeness (QED) is 0.893. The summed E-state index contributed by atoms with van der Waals surface area (Å²) in [6.07, 6.45) is 6.32. The van der Waals surface area contributed by atoms with Crippen LogP contribution in [0.15, 0.2) is 24.5 Å². The van der Waals surface area contributed by atoms with Gasteiger partial charge in [0.05, 0.1) is 0 Å². The largest absolute Gasteiger partial charge is 0.314 e. The molecule has 3 nitrogen and oxygen atoms in total. The lowest BCUT2D eigenvalue weighted by atomic mass is 10.1. The van der Waals surface area contributed by atoms with Crippen molar-refractivity contribution in [3.05, 3.63) is 30.1 Å². The third kappa shape index (κ3) is 4.26. The number of halogens is 1. The molecule has 2 heterocycles. The molecule has 1 aromatic heterocycles. The van der Waals surface area contributed by atoms with Crippen molar-refractivity contribution in [3.8, 4) is 0 Å². The molecule has 1 aromatic rings. The lowest BCUT2D eigenvalue weighted by molar-refractivity contribution is 0.144. The van der Waals surface area contributed by atoms with Crippen molar-refractivity contribution in [1.82, 2.24) is 15.2 Å². The van der Waals surface area contributed by atoms with Crippen molar-refractivity contribution < 1.29 is 0 Å². The van der Waals surface area contributed by atoms with Gasteiger partial charge in [0, 0.05) is 44.6 Å². The predicted molar refractivity (Wildman–Crippen MR) is 73.5 cm³/mol. The Morgan fingerprint density at radius 2 is 2.18 bits per heavy atom. The van der Waals surface area contributed by atoms with Gasteiger partial charge >= 0.3 is 0 Å². The SMILES string of the molecule is CCCC1CNCCN1Cc1ccncc1.Cl. The second-order valence-corrected chi connectivity index (χ2v) is 4.47. The number of rotatable bonds is 4. The highest BCUT2D eigenvalue weighted by Gasteiger charge is 2.20. The number of hydrogen-bond donors (Lipinski definition) is 1. The number of pyridine rings is 1. The maximum absolute atomic E-state index is 4.06. The van der Waals surface area contributed by atoms with Crippen LogP contribution in [0.25, 0.3) is 0 Å². The summed E-state index contributed by atoms with van der Waals surface area (Å²) in [6, 6.07) is 4.93. The molecular formula is C13H22ClN3. The lowest BCUT2D eigenvalue weighted by Crippen LogP contribution is -2.50. The van der Waals surface area contributed by atoms with E-state index in [0.29, 0.717) is 6.04 Å². The first-order chi connectivity index (χ1) is 7.90. The van der Waals surface area contributed by atoms with E-state index < -0.39 is 0 Å². The van der Waals surface area contributed by atoms with Gasteiger partial charge in [-0.1, -0.05) is 13.3 Å². The number of piperazine rings is 1. The highest BCUT2D eigenvalue weighted by atomic mass is 35.5. The normalized spacial score (nSPS) is 20.9. The van der Waals surface area contributed by atoms with E-state index >= 15 is 0 Å². The summed E-state index contributed by atoms with van der Waals surface area (Å²) in [5.74, 6) is 0. The van der Waals surface area contributed by atoms with Gasteiger partial charge in [0.1, 0.15) is 0 Å². The summed E-state index contributed by atoms with van der Waals surface area (Å²) < 4.78 is 0. The molecule has 1 aliphatic rings. The first kappa shape index (κ1) is 14.4. The Labute approximate surface area is 110 Å². The van der Waals surface area contributed by atoms with Crippen LogP contribution in [0.1, 0.15) is 25.3 Å². The van der Waals surface area contributed by atoms with Gasteiger partial charge in [-0.15, -0.1) is 12.4 Å². The predicted octanol–water partition coefficient (Wildman–Crippen LogP) is 2.08. The summed E-state index contributed by atoms with van der Waals surface area (Å²) in [7, 11) is 0. The molecule has 0 radical (unpaired) electrons. The molecule has 0 bridgehead atoms. The van der Waals surface area contributed by atoms with Crippen LogP contribution in [0.4, 0.5) is 0 Å². The first-order valence-corrected chi connectivity index (χ1v) is 6.24. The van der Waals surface area contributed by atoms with E-state index in [2.05, 4.69) is 34.3 Å². The van der Waals surface area contributed by atoms with Crippen molar-refractivity contribution in [2.24, 2.45) is 0 Å². The molecule has 0 saturated carbocycles.